The molecule has 4 N–H and O–H groups in total. The van der Waals surface area contributed by atoms with E-state index in [1.54, 1.807) is 29.2 Å². The quantitative estimate of drug-likeness (QED) is 0.231. The van der Waals surface area contributed by atoms with Crippen molar-refractivity contribution in [3.8, 4) is 22.9 Å². The lowest BCUT2D eigenvalue weighted by Crippen LogP contribution is -2.26. The highest BCUT2D eigenvalue weighted by molar-refractivity contribution is 8.24. The molecule has 6 rings (SSSR count). The number of nitrogens with zero attached hydrogens (tertiary/aromatic N) is 4. The van der Waals surface area contributed by atoms with Gasteiger partial charge in [0.2, 0.25) is 5.88 Å². The molecule has 11 heteroatoms. The number of anilines is 1. The first-order chi connectivity index (χ1) is 18.8. The van der Waals surface area contributed by atoms with Crippen LogP contribution in [0.4, 0.5) is 5.69 Å². The van der Waals surface area contributed by atoms with Crippen LogP contribution in [0, 0.1) is 12.8 Å². The van der Waals surface area contributed by atoms with Crippen LogP contribution in [0.15, 0.2) is 55.0 Å². The van der Waals surface area contributed by atoms with E-state index < -0.39 is 10.6 Å². The van der Waals surface area contributed by atoms with E-state index in [-0.39, 0.29) is 5.91 Å². The number of fused-ring (bicyclic) bond motifs is 1. The van der Waals surface area contributed by atoms with Gasteiger partial charge in [0, 0.05) is 47.5 Å². The first-order valence-corrected chi connectivity index (χ1v) is 15.1. The van der Waals surface area contributed by atoms with Gasteiger partial charge in [-0.2, -0.15) is 10.6 Å². The standard InChI is InChI=1S/C28H32N6O4S/c1-18-13-20(4-7-23(18)28(35)32-21-5-6-21)25-17-31-27-24(30-15-19-8-11-39(36,37)12-9-19)14-26(33-34(25)27)38-22-3-2-10-29-16-22/h2-4,7,10,13-14,16-17,19,21,30,36-37H,5-6,8-9,11-12,15H2,1H3,(H,32,35). The van der Waals surface area contributed by atoms with Gasteiger partial charge in [-0.3, -0.25) is 18.9 Å². The highest BCUT2D eigenvalue weighted by Gasteiger charge is 2.26. The zero-order valence-corrected chi connectivity index (χ0v) is 22.5. The van der Waals surface area contributed by atoms with Crippen molar-refractivity contribution >= 4 is 27.8 Å². The molecule has 0 spiro atoms. The fraction of sp³-hybridized carbons (Fsp3) is 0.357. The van der Waals surface area contributed by atoms with Crippen molar-refractivity contribution in [2.45, 2.75) is 38.6 Å². The lowest BCUT2D eigenvalue weighted by Gasteiger charge is -2.39. The predicted molar refractivity (Wildman–Crippen MR) is 152 cm³/mol. The number of carbonyl (C=O) groups excluding carboxylic acids is 1. The van der Waals surface area contributed by atoms with Crippen LogP contribution in [0.2, 0.25) is 0 Å². The molecule has 1 saturated carbocycles. The third kappa shape index (κ3) is 5.85. The third-order valence-electron chi connectivity index (χ3n) is 7.27. The second-order valence-electron chi connectivity index (χ2n) is 10.4. The minimum atomic E-state index is -2.42. The van der Waals surface area contributed by atoms with E-state index in [2.05, 4.69) is 20.6 Å². The van der Waals surface area contributed by atoms with Crippen LogP contribution in [-0.4, -0.2) is 58.7 Å². The van der Waals surface area contributed by atoms with Crippen molar-refractivity contribution in [3.05, 3.63) is 66.1 Å². The number of aryl methyl sites for hydroxylation is 1. The molecule has 1 aromatic carbocycles. The highest BCUT2D eigenvalue weighted by Crippen LogP contribution is 2.45. The number of ether oxygens (including phenoxy) is 1. The van der Waals surface area contributed by atoms with Crippen molar-refractivity contribution < 1.29 is 18.6 Å². The number of rotatable bonds is 8. The number of pyridine rings is 1. The van der Waals surface area contributed by atoms with Crippen LogP contribution in [0.5, 0.6) is 11.6 Å². The summed E-state index contributed by atoms with van der Waals surface area (Å²) in [5, 5.41) is 11.3. The van der Waals surface area contributed by atoms with Crippen LogP contribution < -0.4 is 15.4 Å². The van der Waals surface area contributed by atoms with Crippen molar-refractivity contribution in [3.63, 3.8) is 0 Å². The molecule has 10 nitrogen and oxygen atoms in total. The van der Waals surface area contributed by atoms with Gasteiger partial charge < -0.3 is 15.4 Å². The number of amides is 1. The Morgan fingerprint density at radius 3 is 2.67 bits per heavy atom. The smallest absolute Gasteiger partial charge is 0.251 e. The van der Waals surface area contributed by atoms with Gasteiger partial charge in [0.25, 0.3) is 5.91 Å². The topological polar surface area (TPSA) is 134 Å². The van der Waals surface area contributed by atoms with Crippen molar-refractivity contribution in [2.24, 2.45) is 5.92 Å². The van der Waals surface area contributed by atoms with Crippen LogP contribution in [0.1, 0.15) is 41.6 Å². The molecule has 0 atom stereocenters. The third-order valence-corrected chi connectivity index (χ3v) is 9.05. The molecule has 204 valence electrons. The number of hydrogen-bond acceptors (Lipinski definition) is 8. The maximum Gasteiger partial charge on any atom is 0.251 e. The van der Waals surface area contributed by atoms with E-state index in [0.717, 1.165) is 48.2 Å². The van der Waals surface area contributed by atoms with E-state index >= 15 is 0 Å². The number of hydrogen-bond donors (Lipinski definition) is 4. The maximum atomic E-state index is 12.6. The average molecular weight is 549 g/mol. The summed E-state index contributed by atoms with van der Waals surface area (Å²) >= 11 is 0. The molecule has 3 aromatic heterocycles. The normalized spacial score (nSPS) is 18.0. The summed E-state index contributed by atoms with van der Waals surface area (Å²) < 4.78 is 27.7. The zero-order valence-electron chi connectivity index (χ0n) is 21.7. The summed E-state index contributed by atoms with van der Waals surface area (Å²) in [6.45, 7) is 2.61. The molecular weight excluding hydrogens is 516 g/mol. The predicted octanol–water partition coefficient (Wildman–Crippen LogP) is 5.36. The van der Waals surface area contributed by atoms with Crippen molar-refractivity contribution in [2.75, 3.05) is 23.4 Å². The minimum absolute atomic E-state index is 0.0413. The molecule has 0 bridgehead atoms. The van der Waals surface area contributed by atoms with E-state index in [4.69, 9.17) is 9.84 Å². The second kappa shape index (κ2) is 10.5. The fourth-order valence-electron chi connectivity index (χ4n) is 4.84. The van der Waals surface area contributed by atoms with Crippen molar-refractivity contribution in [1.29, 1.82) is 0 Å². The summed E-state index contributed by atoms with van der Waals surface area (Å²) in [5.41, 5.74) is 4.62. The Balaban J connectivity index is 1.31. The van der Waals surface area contributed by atoms with Gasteiger partial charge in [0.1, 0.15) is 5.75 Å². The summed E-state index contributed by atoms with van der Waals surface area (Å²) in [7, 11) is -2.42. The van der Waals surface area contributed by atoms with Gasteiger partial charge in [0.15, 0.2) is 5.65 Å². The Hall–Kier alpha value is -3.67. The molecule has 2 aliphatic rings. The van der Waals surface area contributed by atoms with Gasteiger partial charge in [-0.15, -0.1) is 5.10 Å². The molecule has 0 unspecified atom stereocenters. The molecule has 1 aliphatic carbocycles. The van der Waals surface area contributed by atoms with Gasteiger partial charge in [-0.25, -0.2) is 9.50 Å². The van der Waals surface area contributed by atoms with Crippen LogP contribution in [0.3, 0.4) is 0 Å². The van der Waals surface area contributed by atoms with Crippen LogP contribution in [0.25, 0.3) is 16.9 Å². The van der Waals surface area contributed by atoms with Crippen LogP contribution in [-0.2, 0) is 0 Å². The van der Waals surface area contributed by atoms with Gasteiger partial charge in [-0.1, -0.05) is 6.07 Å². The summed E-state index contributed by atoms with van der Waals surface area (Å²) in [5.74, 6) is 2.13. The molecule has 1 saturated heterocycles. The Morgan fingerprint density at radius 1 is 1.13 bits per heavy atom. The number of benzene rings is 1. The number of imidazole rings is 1. The summed E-state index contributed by atoms with van der Waals surface area (Å²) in [6.07, 6.45) is 8.69. The number of nitrogens with one attached hydrogen (secondary N) is 2. The SMILES string of the molecule is Cc1cc(-c2cnc3c(NCC4CCS(O)(O)CC4)cc(Oc4cccnc4)nn23)ccc1C(=O)NC1CC1. The molecular formula is C28H32N6O4S. The lowest BCUT2D eigenvalue weighted by molar-refractivity contribution is 0.0950. The molecule has 0 radical (unpaired) electrons. The van der Waals surface area contributed by atoms with Gasteiger partial charge in [0.05, 0.1) is 23.8 Å². The summed E-state index contributed by atoms with van der Waals surface area (Å²) in [6, 6.07) is 11.5. The van der Waals surface area contributed by atoms with Gasteiger partial charge in [-0.05, 0) is 68.4 Å². The van der Waals surface area contributed by atoms with Crippen LogP contribution >= 0.6 is 10.6 Å². The lowest BCUT2D eigenvalue weighted by atomic mass is 10.0. The largest absolute Gasteiger partial charge is 0.436 e. The van der Waals surface area contributed by atoms with E-state index in [1.165, 1.54) is 0 Å². The molecule has 39 heavy (non-hydrogen) atoms. The maximum absolute atomic E-state index is 12.6. The van der Waals surface area contributed by atoms with Crippen molar-refractivity contribution in [1.82, 2.24) is 24.9 Å². The van der Waals surface area contributed by atoms with Gasteiger partial charge >= 0.3 is 0 Å². The number of aromatic nitrogens is 4. The van der Waals surface area contributed by atoms with E-state index in [1.807, 2.05) is 37.3 Å². The average Bonchev–Trinajstić information content (AvgIpc) is 3.63. The monoisotopic (exact) mass is 548 g/mol. The highest BCUT2D eigenvalue weighted by atomic mass is 32.3. The Labute approximate surface area is 228 Å². The zero-order chi connectivity index (χ0) is 27.0. The summed E-state index contributed by atoms with van der Waals surface area (Å²) in [4.78, 5) is 21.4. The molecule has 1 amide bonds. The molecule has 4 aromatic rings. The minimum Gasteiger partial charge on any atom is -0.436 e. The van der Waals surface area contributed by atoms with E-state index in [9.17, 15) is 13.9 Å². The Morgan fingerprint density at radius 2 is 1.95 bits per heavy atom. The molecule has 4 heterocycles. The molecule has 2 fully saturated rings. The Bertz CT molecular complexity index is 1490. The first-order valence-electron chi connectivity index (χ1n) is 13.2. The first kappa shape index (κ1) is 25.6. The number of carbonyl (C=O) groups is 1. The Kier molecular flexibility index (Phi) is 6.88. The second-order valence-corrected chi connectivity index (χ2v) is 12.8. The van der Waals surface area contributed by atoms with E-state index in [0.29, 0.717) is 52.9 Å². The molecule has 1 aliphatic heterocycles. The fourth-order valence-corrected chi connectivity index (χ4v) is 6.46.